The van der Waals surface area contributed by atoms with Crippen LogP contribution in [0.1, 0.15) is 34.1 Å². The zero-order valence-electron chi connectivity index (χ0n) is 13.9. The molecule has 1 rings (SSSR count). The molecule has 22 heavy (non-hydrogen) atoms. The van der Waals surface area contributed by atoms with Gasteiger partial charge in [-0.05, 0) is 27.7 Å². The number of ether oxygens (including phenoxy) is 2. The van der Waals surface area contributed by atoms with Gasteiger partial charge in [0.2, 0.25) is 0 Å². The van der Waals surface area contributed by atoms with Crippen LogP contribution >= 0.6 is 0 Å². The van der Waals surface area contributed by atoms with E-state index in [0.29, 0.717) is 26.2 Å². The van der Waals surface area contributed by atoms with Crippen LogP contribution in [0.25, 0.3) is 0 Å². The first-order valence-electron chi connectivity index (χ1n) is 7.70. The fourth-order valence-corrected chi connectivity index (χ4v) is 2.29. The zero-order valence-corrected chi connectivity index (χ0v) is 13.9. The summed E-state index contributed by atoms with van der Waals surface area (Å²) >= 11 is 0. The van der Waals surface area contributed by atoms with Crippen molar-refractivity contribution in [2.24, 2.45) is 0 Å². The molecule has 1 aliphatic heterocycles. The van der Waals surface area contributed by atoms with Gasteiger partial charge in [0.1, 0.15) is 12.3 Å². The smallest absolute Gasteiger partial charge is 0.410 e. The average molecular weight is 318 g/mol. The number of alkyl halides is 1. The van der Waals surface area contributed by atoms with E-state index in [2.05, 4.69) is 0 Å². The van der Waals surface area contributed by atoms with Crippen molar-refractivity contribution in [3.05, 3.63) is 0 Å². The van der Waals surface area contributed by atoms with Crippen LogP contribution in [-0.2, 0) is 14.3 Å². The van der Waals surface area contributed by atoms with Gasteiger partial charge in [0.15, 0.2) is 0 Å². The predicted molar refractivity (Wildman–Crippen MR) is 80.4 cm³/mol. The molecule has 0 aliphatic carbocycles. The van der Waals surface area contributed by atoms with Crippen molar-refractivity contribution in [3.63, 3.8) is 0 Å². The summed E-state index contributed by atoms with van der Waals surface area (Å²) in [7, 11) is 0. The van der Waals surface area contributed by atoms with Gasteiger partial charge in [-0.3, -0.25) is 9.69 Å². The molecule has 6 nitrogen and oxygen atoms in total. The first-order chi connectivity index (χ1) is 10.3. The van der Waals surface area contributed by atoms with E-state index in [1.807, 2.05) is 4.90 Å². The molecule has 0 spiro atoms. The largest absolute Gasteiger partial charge is 0.466 e. The second-order valence-electron chi connectivity index (χ2n) is 6.33. The second kappa shape index (κ2) is 8.31. The van der Waals surface area contributed by atoms with Gasteiger partial charge >= 0.3 is 12.1 Å². The summed E-state index contributed by atoms with van der Waals surface area (Å²) in [5.41, 5.74) is -0.566. The maximum atomic E-state index is 13.2. The normalized spacial score (nSPS) is 19.9. The number of carbonyl (C=O) groups is 2. The second-order valence-corrected chi connectivity index (χ2v) is 6.33. The molecular weight excluding hydrogens is 291 g/mol. The maximum Gasteiger partial charge on any atom is 0.410 e. The van der Waals surface area contributed by atoms with Gasteiger partial charge in [-0.2, -0.15) is 0 Å². The number of esters is 1. The molecule has 0 N–H and O–H groups in total. The van der Waals surface area contributed by atoms with Crippen LogP contribution < -0.4 is 0 Å². The van der Waals surface area contributed by atoms with Gasteiger partial charge in [-0.15, -0.1) is 0 Å². The van der Waals surface area contributed by atoms with Crippen LogP contribution in [0.2, 0.25) is 0 Å². The third kappa shape index (κ3) is 6.17. The minimum absolute atomic E-state index is 0.233. The molecule has 0 aromatic carbocycles. The lowest BCUT2D eigenvalue weighted by molar-refractivity contribution is -0.143. The summed E-state index contributed by atoms with van der Waals surface area (Å²) in [4.78, 5) is 26.8. The van der Waals surface area contributed by atoms with Gasteiger partial charge in [-0.25, -0.2) is 9.18 Å². The van der Waals surface area contributed by atoms with E-state index in [1.165, 1.54) is 4.90 Å². The lowest BCUT2D eigenvalue weighted by Crippen LogP contribution is -2.56. The van der Waals surface area contributed by atoms with Crippen LogP contribution in [0.3, 0.4) is 0 Å². The average Bonchev–Trinajstić information content (AvgIpc) is 2.43. The highest BCUT2D eigenvalue weighted by Gasteiger charge is 2.32. The number of rotatable bonds is 5. The third-order valence-corrected chi connectivity index (χ3v) is 3.34. The Hall–Kier alpha value is -1.37. The van der Waals surface area contributed by atoms with E-state index < -0.39 is 24.4 Å². The van der Waals surface area contributed by atoms with Crippen molar-refractivity contribution in [3.8, 4) is 0 Å². The highest BCUT2D eigenvalue weighted by atomic mass is 19.1. The van der Waals surface area contributed by atoms with Crippen molar-refractivity contribution >= 4 is 12.1 Å². The van der Waals surface area contributed by atoms with E-state index in [9.17, 15) is 14.0 Å². The molecule has 1 heterocycles. The Morgan fingerprint density at radius 3 is 2.50 bits per heavy atom. The summed E-state index contributed by atoms with van der Waals surface area (Å²) in [5.74, 6) is -0.283. The van der Waals surface area contributed by atoms with E-state index in [4.69, 9.17) is 9.47 Å². The Kier molecular flexibility index (Phi) is 7.06. The fraction of sp³-hybridized carbons (Fsp3) is 0.867. The molecule has 0 saturated carbocycles. The minimum Gasteiger partial charge on any atom is -0.466 e. The van der Waals surface area contributed by atoms with E-state index in [1.54, 1.807) is 27.7 Å². The standard InChI is InChI=1S/C15H27FN2O4/c1-5-21-13(19)6-7-17-8-9-18(11-12(17)10-16)14(20)22-15(2,3)4/h12H,5-11H2,1-4H3/t12-/m0/s1. The summed E-state index contributed by atoms with van der Waals surface area (Å²) in [5, 5.41) is 0. The number of halogens is 1. The number of carbonyl (C=O) groups excluding carboxylic acids is 2. The number of piperazine rings is 1. The summed E-state index contributed by atoms with van der Waals surface area (Å²) < 4.78 is 23.4. The van der Waals surface area contributed by atoms with Crippen molar-refractivity contribution in [1.29, 1.82) is 0 Å². The highest BCUT2D eigenvalue weighted by Crippen LogP contribution is 2.15. The van der Waals surface area contributed by atoms with E-state index >= 15 is 0 Å². The van der Waals surface area contributed by atoms with E-state index in [-0.39, 0.29) is 18.9 Å². The Bertz CT molecular complexity index is 384. The Labute approximate surface area is 131 Å². The molecule has 1 atom stereocenters. The quantitative estimate of drug-likeness (QED) is 0.724. The molecule has 0 bridgehead atoms. The molecule has 1 saturated heterocycles. The molecule has 0 radical (unpaired) electrons. The lowest BCUT2D eigenvalue weighted by atomic mass is 10.1. The number of hydrogen-bond donors (Lipinski definition) is 0. The molecular formula is C15H27FN2O4. The Balaban J connectivity index is 2.49. The summed E-state index contributed by atoms with van der Waals surface area (Å²) in [6.07, 6.45) is -0.187. The zero-order chi connectivity index (χ0) is 16.8. The Morgan fingerprint density at radius 2 is 1.95 bits per heavy atom. The first-order valence-corrected chi connectivity index (χ1v) is 7.70. The SMILES string of the molecule is CCOC(=O)CCN1CCN(C(=O)OC(C)(C)C)C[C@@H]1CF. The minimum atomic E-state index is -0.567. The van der Waals surface area contributed by atoms with Crippen LogP contribution in [0.4, 0.5) is 9.18 Å². The van der Waals surface area contributed by atoms with Crippen LogP contribution in [0.5, 0.6) is 0 Å². The maximum absolute atomic E-state index is 13.2. The van der Waals surface area contributed by atoms with Crippen molar-refractivity contribution < 1.29 is 23.5 Å². The third-order valence-electron chi connectivity index (χ3n) is 3.34. The van der Waals surface area contributed by atoms with Gasteiger partial charge < -0.3 is 14.4 Å². The first kappa shape index (κ1) is 18.7. The van der Waals surface area contributed by atoms with Crippen LogP contribution in [-0.4, -0.2) is 73.0 Å². The van der Waals surface area contributed by atoms with E-state index in [0.717, 1.165) is 0 Å². The molecule has 0 aromatic rings. The van der Waals surface area contributed by atoms with Gasteiger partial charge in [0.25, 0.3) is 0 Å². The van der Waals surface area contributed by atoms with Crippen molar-refractivity contribution in [1.82, 2.24) is 9.80 Å². The highest BCUT2D eigenvalue weighted by molar-refractivity contribution is 5.69. The number of nitrogens with zero attached hydrogens (tertiary/aromatic N) is 2. The van der Waals surface area contributed by atoms with Gasteiger partial charge in [-0.1, -0.05) is 0 Å². The van der Waals surface area contributed by atoms with Crippen LogP contribution in [0, 0.1) is 0 Å². The van der Waals surface area contributed by atoms with Gasteiger partial charge in [0, 0.05) is 26.2 Å². The topological polar surface area (TPSA) is 59.1 Å². The lowest BCUT2D eigenvalue weighted by Gasteiger charge is -2.40. The molecule has 1 amide bonds. The monoisotopic (exact) mass is 318 g/mol. The summed E-state index contributed by atoms with van der Waals surface area (Å²) in [6.45, 7) is 8.63. The molecule has 1 fully saturated rings. The molecule has 1 aliphatic rings. The van der Waals surface area contributed by atoms with Gasteiger partial charge in [0.05, 0.1) is 19.1 Å². The fourth-order valence-electron chi connectivity index (χ4n) is 2.29. The molecule has 128 valence electrons. The summed E-state index contributed by atoms with van der Waals surface area (Å²) in [6, 6.07) is -0.407. The molecule has 7 heteroatoms. The van der Waals surface area contributed by atoms with Crippen LogP contribution in [0.15, 0.2) is 0 Å². The Morgan fingerprint density at radius 1 is 1.27 bits per heavy atom. The van der Waals surface area contributed by atoms with Crippen molar-refractivity contribution in [2.45, 2.75) is 45.8 Å². The molecule has 0 aromatic heterocycles. The number of hydrogen-bond acceptors (Lipinski definition) is 5. The molecule has 0 unspecified atom stereocenters. The van der Waals surface area contributed by atoms with Crippen molar-refractivity contribution in [2.75, 3.05) is 39.5 Å². The number of amides is 1. The predicted octanol–water partition coefficient (Wildman–Crippen LogP) is 1.83.